The number of amides is 2. The number of ketones is 1. The summed E-state index contributed by atoms with van der Waals surface area (Å²) < 4.78 is 23.6. The second-order valence-corrected chi connectivity index (χ2v) is 11.4. The highest BCUT2D eigenvalue weighted by molar-refractivity contribution is 5.92. The lowest BCUT2D eigenvalue weighted by Crippen LogP contribution is -2.66. The van der Waals surface area contributed by atoms with Crippen LogP contribution in [0.15, 0.2) is 42.5 Å². The normalized spacial score (nSPS) is 21.9. The molecule has 9 heteroatoms. The Kier molecular flexibility index (Phi) is 10.2. The molecule has 2 saturated carbocycles. The van der Waals surface area contributed by atoms with E-state index in [1.165, 1.54) is 6.92 Å². The molecular weight excluding hydrogens is 536 g/mol. The molecule has 2 fully saturated rings. The molecule has 230 valence electrons. The van der Waals surface area contributed by atoms with Gasteiger partial charge in [0.1, 0.15) is 17.0 Å². The zero-order valence-electron chi connectivity index (χ0n) is 25.8. The van der Waals surface area contributed by atoms with Crippen LogP contribution < -0.4 is 14.8 Å². The van der Waals surface area contributed by atoms with E-state index in [9.17, 15) is 14.7 Å². The average Bonchev–Trinajstić information content (AvgIpc) is 3.70. The van der Waals surface area contributed by atoms with Gasteiger partial charge in [-0.2, -0.15) is 0 Å². The molecule has 2 atom stereocenters. The number of nitrogens with zero attached hydrogens (tertiary/aromatic N) is 1. The Bertz CT molecular complexity index is 1200. The quantitative estimate of drug-likeness (QED) is 0.288. The predicted molar refractivity (Wildman–Crippen MR) is 160 cm³/mol. The first kappa shape index (κ1) is 31.8. The molecule has 0 unspecified atom stereocenters. The number of hydrogen-bond donors (Lipinski definition) is 2. The molecule has 0 radical (unpaired) electrons. The van der Waals surface area contributed by atoms with E-state index in [1.807, 2.05) is 70.2 Å². The van der Waals surface area contributed by atoms with E-state index in [4.69, 9.17) is 18.9 Å². The lowest BCUT2D eigenvalue weighted by atomic mass is 9.71. The Balaban J connectivity index is 1.62. The van der Waals surface area contributed by atoms with E-state index in [0.717, 1.165) is 11.1 Å². The smallest absolute Gasteiger partial charge is 0.318 e. The standard InChI is InChI=1S/C33H46N2O7/c1-7-40-28-18-26(19-29(41-8-2)30(28)33(38)14-15-33)22(3)35(16-17-42-23(4)25-12-10-9-11-13-25)31(37)34-32(24(5)36)20-27(21-32)39-6/h9-13,18-19,22-23,27,38H,7-8,14-17,20-21H2,1-6H3,(H,34,37)/t22-,23+,27?,32?/m1/s1. The fourth-order valence-electron chi connectivity index (χ4n) is 5.65. The molecule has 4 rings (SSSR count). The third-order valence-electron chi connectivity index (χ3n) is 8.56. The highest BCUT2D eigenvalue weighted by Crippen LogP contribution is 2.53. The largest absolute Gasteiger partial charge is 0.493 e. The summed E-state index contributed by atoms with van der Waals surface area (Å²) >= 11 is 0. The summed E-state index contributed by atoms with van der Waals surface area (Å²) in [5, 5.41) is 14.1. The maximum atomic E-state index is 13.9. The van der Waals surface area contributed by atoms with Crippen LogP contribution >= 0.6 is 0 Å². The van der Waals surface area contributed by atoms with Crippen molar-refractivity contribution in [3.05, 3.63) is 59.2 Å². The van der Waals surface area contributed by atoms with Crippen LogP contribution in [0.4, 0.5) is 4.79 Å². The first-order valence-electron chi connectivity index (χ1n) is 15.0. The molecule has 0 bridgehead atoms. The SMILES string of the molecule is CCOc1cc([C@@H](C)N(CCO[C@@H](C)c2ccccc2)C(=O)NC2(C(C)=O)CC(OC)C2)cc(OCC)c1C1(O)CC1. The van der Waals surface area contributed by atoms with Crippen LogP contribution in [0.25, 0.3) is 0 Å². The number of rotatable bonds is 15. The van der Waals surface area contributed by atoms with Crippen molar-refractivity contribution < 1.29 is 33.6 Å². The molecule has 2 N–H and O–H groups in total. The van der Waals surface area contributed by atoms with Gasteiger partial charge in [0.25, 0.3) is 0 Å². The summed E-state index contributed by atoms with van der Waals surface area (Å²) in [7, 11) is 1.61. The van der Waals surface area contributed by atoms with Crippen LogP contribution in [0.2, 0.25) is 0 Å². The maximum Gasteiger partial charge on any atom is 0.318 e. The third-order valence-corrected chi connectivity index (χ3v) is 8.56. The molecule has 0 spiro atoms. The van der Waals surface area contributed by atoms with Crippen LogP contribution in [0.3, 0.4) is 0 Å². The van der Waals surface area contributed by atoms with E-state index in [2.05, 4.69) is 5.32 Å². The molecule has 2 aromatic carbocycles. The summed E-state index contributed by atoms with van der Waals surface area (Å²) in [5.41, 5.74) is 0.578. The van der Waals surface area contributed by atoms with Crippen molar-refractivity contribution in [1.29, 1.82) is 0 Å². The highest BCUT2D eigenvalue weighted by Gasteiger charge is 2.50. The fraction of sp³-hybridized carbons (Fsp3) is 0.576. The van der Waals surface area contributed by atoms with Crippen LogP contribution in [0.5, 0.6) is 11.5 Å². The second-order valence-electron chi connectivity index (χ2n) is 11.4. The molecule has 0 saturated heterocycles. The first-order chi connectivity index (χ1) is 20.1. The van der Waals surface area contributed by atoms with Gasteiger partial charge in [0.15, 0.2) is 5.78 Å². The number of carbonyl (C=O) groups excluding carboxylic acids is 2. The lowest BCUT2D eigenvalue weighted by Gasteiger charge is -2.46. The Morgan fingerprint density at radius 3 is 2.12 bits per heavy atom. The molecule has 0 aromatic heterocycles. The summed E-state index contributed by atoms with van der Waals surface area (Å²) in [6.45, 7) is 10.6. The number of benzene rings is 2. The maximum absolute atomic E-state index is 13.9. The van der Waals surface area contributed by atoms with Crippen LogP contribution in [-0.2, 0) is 19.9 Å². The molecule has 2 aromatic rings. The first-order valence-corrected chi connectivity index (χ1v) is 15.0. The molecule has 42 heavy (non-hydrogen) atoms. The Morgan fingerprint density at radius 2 is 1.62 bits per heavy atom. The van der Waals surface area contributed by atoms with Crippen molar-refractivity contribution in [3.8, 4) is 11.5 Å². The number of nitrogens with one attached hydrogen (secondary N) is 1. The second kappa shape index (κ2) is 13.4. The van der Waals surface area contributed by atoms with Gasteiger partial charge in [-0.25, -0.2) is 4.79 Å². The average molecular weight is 583 g/mol. The van der Waals surface area contributed by atoms with Gasteiger partial charge in [-0.3, -0.25) is 4.79 Å². The molecule has 0 heterocycles. The minimum Gasteiger partial charge on any atom is -0.493 e. The van der Waals surface area contributed by atoms with Crippen LogP contribution in [0, 0.1) is 0 Å². The van der Waals surface area contributed by atoms with Gasteiger partial charge in [0.2, 0.25) is 0 Å². The van der Waals surface area contributed by atoms with E-state index in [1.54, 1.807) is 12.0 Å². The number of Topliss-reactive ketones (excluding diaryl/α,β-unsaturated/α-hetero) is 1. The van der Waals surface area contributed by atoms with Crippen molar-refractivity contribution in [1.82, 2.24) is 10.2 Å². The monoisotopic (exact) mass is 582 g/mol. The van der Waals surface area contributed by atoms with Crippen molar-refractivity contribution in [2.24, 2.45) is 0 Å². The summed E-state index contributed by atoms with van der Waals surface area (Å²) in [6, 6.07) is 12.9. The van der Waals surface area contributed by atoms with E-state index < -0.39 is 17.2 Å². The zero-order chi connectivity index (χ0) is 30.5. The molecule has 0 aliphatic heterocycles. The summed E-state index contributed by atoms with van der Waals surface area (Å²) in [6.07, 6.45) is 1.93. The third kappa shape index (κ3) is 6.90. The van der Waals surface area contributed by atoms with E-state index in [-0.39, 0.29) is 37.2 Å². The van der Waals surface area contributed by atoms with Gasteiger partial charge in [-0.15, -0.1) is 0 Å². The number of methoxy groups -OCH3 is 1. The van der Waals surface area contributed by atoms with Crippen molar-refractivity contribution in [2.45, 2.75) is 89.7 Å². The highest BCUT2D eigenvalue weighted by atomic mass is 16.5. The Labute approximate surface area is 249 Å². The molecule has 2 aliphatic carbocycles. The van der Waals surface area contributed by atoms with Gasteiger partial charge >= 0.3 is 6.03 Å². The summed E-state index contributed by atoms with van der Waals surface area (Å²) in [4.78, 5) is 28.3. The zero-order valence-corrected chi connectivity index (χ0v) is 25.8. The number of carbonyl (C=O) groups is 2. The van der Waals surface area contributed by atoms with Gasteiger partial charge in [-0.05, 0) is 70.7 Å². The minimum atomic E-state index is -0.967. The van der Waals surface area contributed by atoms with E-state index in [0.29, 0.717) is 56.0 Å². The van der Waals surface area contributed by atoms with Crippen LogP contribution in [0.1, 0.15) is 89.1 Å². The van der Waals surface area contributed by atoms with E-state index >= 15 is 0 Å². The Hall–Kier alpha value is -3.14. The fourth-order valence-corrected chi connectivity index (χ4v) is 5.65. The minimum absolute atomic E-state index is 0.0709. The van der Waals surface area contributed by atoms with Gasteiger partial charge in [0.05, 0.1) is 49.2 Å². The van der Waals surface area contributed by atoms with Gasteiger partial charge in [-0.1, -0.05) is 30.3 Å². The van der Waals surface area contributed by atoms with Crippen molar-refractivity contribution in [2.75, 3.05) is 33.5 Å². The molecular formula is C33H46N2O7. The number of aliphatic hydroxyl groups is 1. The van der Waals surface area contributed by atoms with Crippen molar-refractivity contribution >= 4 is 11.8 Å². The topological polar surface area (TPSA) is 107 Å². The predicted octanol–water partition coefficient (Wildman–Crippen LogP) is 5.45. The van der Waals surface area contributed by atoms with Gasteiger partial charge < -0.3 is 34.3 Å². The number of hydrogen-bond acceptors (Lipinski definition) is 7. The number of urea groups is 1. The van der Waals surface area contributed by atoms with Gasteiger partial charge in [0, 0.05) is 26.5 Å². The summed E-state index contributed by atoms with van der Waals surface area (Å²) in [5.74, 6) is 1.02. The van der Waals surface area contributed by atoms with Crippen molar-refractivity contribution in [3.63, 3.8) is 0 Å². The molecule has 2 amide bonds. The van der Waals surface area contributed by atoms with Crippen LogP contribution in [-0.4, -0.2) is 66.9 Å². The lowest BCUT2D eigenvalue weighted by molar-refractivity contribution is -0.133. The molecule has 2 aliphatic rings. The number of ether oxygens (including phenoxy) is 4. The molecule has 9 nitrogen and oxygen atoms in total. The Morgan fingerprint density at radius 1 is 1.02 bits per heavy atom.